The number of anilines is 1. The van der Waals surface area contributed by atoms with E-state index in [0.717, 1.165) is 31.7 Å². The summed E-state index contributed by atoms with van der Waals surface area (Å²) in [7, 11) is 0. The van der Waals surface area contributed by atoms with Crippen molar-refractivity contribution in [3.05, 3.63) is 28.8 Å². The molecule has 0 amide bonds. The summed E-state index contributed by atoms with van der Waals surface area (Å²) >= 11 is 6.31. The van der Waals surface area contributed by atoms with Gasteiger partial charge in [0.05, 0.1) is 22.3 Å². The molecule has 1 unspecified atom stereocenters. The predicted octanol–water partition coefficient (Wildman–Crippen LogP) is 3.18. The van der Waals surface area contributed by atoms with Gasteiger partial charge in [-0.1, -0.05) is 18.5 Å². The summed E-state index contributed by atoms with van der Waals surface area (Å²) < 4.78 is 0. The SMILES string of the molecule is CCCN(CC1CCCN1)c1ccc(C#N)cc1Cl. The quantitative estimate of drug-likeness (QED) is 0.898. The topological polar surface area (TPSA) is 39.1 Å². The molecule has 102 valence electrons. The maximum Gasteiger partial charge on any atom is 0.0992 e. The Labute approximate surface area is 120 Å². The highest BCUT2D eigenvalue weighted by atomic mass is 35.5. The molecule has 4 heteroatoms. The van der Waals surface area contributed by atoms with Gasteiger partial charge in [0.1, 0.15) is 0 Å². The van der Waals surface area contributed by atoms with E-state index < -0.39 is 0 Å². The summed E-state index contributed by atoms with van der Waals surface area (Å²) in [5.74, 6) is 0. The van der Waals surface area contributed by atoms with Crippen molar-refractivity contribution in [3.63, 3.8) is 0 Å². The molecule has 2 rings (SSSR count). The van der Waals surface area contributed by atoms with Crippen molar-refractivity contribution in [2.45, 2.75) is 32.2 Å². The Morgan fingerprint density at radius 3 is 2.95 bits per heavy atom. The van der Waals surface area contributed by atoms with Crippen molar-refractivity contribution < 1.29 is 0 Å². The van der Waals surface area contributed by atoms with Crippen molar-refractivity contribution in [3.8, 4) is 6.07 Å². The molecular formula is C15H20ClN3. The molecule has 0 saturated carbocycles. The third-order valence-electron chi connectivity index (χ3n) is 3.51. The largest absolute Gasteiger partial charge is 0.369 e. The molecule has 0 aliphatic carbocycles. The minimum Gasteiger partial charge on any atom is -0.369 e. The first kappa shape index (κ1) is 14.2. The normalized spacial score (nSPS) is 18.3. The van der Waals surface area contributed by atoms with Crippen LogP contribution in [0.1, 0.15) is 31.7 Å². The molecule has 0 bridgehead atoms. The lowest BCUT2D eigenvalue weighted by Crippen LogP contribution is -2.38. The van der Waals surface area contributed by atoms with Gasteiger partial charge in [-0.2, -0.15) is 5.26 Å². The highest BCUT2D eigenvalue weighted by molar-refractivity contribution is 6.33. The van der Waals surface area contributed by atoms with Crippen LogP contribution in [0.5, 0.6) is 0 Å². The zero-order chi connectivity index (χ0) is 13.7. The van der Waals surface area contributed by atoms with Gasteiger partial charge in [0.25, 0.3) is 0 Å². The van der Waals surface area contributed by atoms with Crippen molar-refractivity contribution >= 4 is 17.3 Å². The maximum atomic E-state index is 8.89. The molecule has 3 nitrogen and oxygen atoms in total. The fourth-order valence-electron chi connectivity index (χ4n) is 2.59. The van der Waals surface area contributed by atoms with Crippen LogP contribution in [0, 0.1) is 11.3 Å². The maximum absolute atomic E-state index is 8.89. The zero-order valence-corrected chi connectivity index (χ0v) is 12.1. The Morgan fingerprint density at radius 1 is 1.53 bits per heavy atom. The van der Waals surface area contributed by atoms with E-state index in [1.165, 1.54) is 12.8 Å². The molecule has 1 aliphatic heterocycles. The summed E-state index contributed by atoms with van der Waals surface area (Å²) in [5.41, 5.74) is 1.65. The van der Waals surface area contributed by atoms with Gasteiger partial charge in [-0.15, -0.1) is 0 Å². The Hall–Kier alpha value is -1.24. The van der Waals surface area contributed by atoms with Gasteiger partial charge in [-0.05, 0) is 44.0 Å². The Bertz CT molecular complexity index is 461. The van der Waals surface area contributed by atoms with Gasteiger partial charge in [0, 0.05) is 19.1 Å². The Kier molecular flexibility index (Phi) is 5.07. The number of rotatable bonds is 5. The van der Waals surface area contributed by atoms with Crippen LogP contribution in [0.25, 0.3) is 0 Å². The van der Waals surface area contributed by atoms with Gasteiger partial charge < -0.3 is 10.2 Å². The van der Waals surface area contributed by atoms with Crippen LogP contribution in [-0.2, 0) is 0 Å². The van der Waals surface area contributed by atoms with Crippen LogP contribution in [0.2, 0.25) is 5.02 Å². The van der Waals surface area contributed by atoms with Crippen molar-refractivity contribution in [2.24, 2.45) is 0 Å². The van der Waals surface area contributed by atoms with E-state index in [9.17, 15) is 0 Å². The molecule has 1 saturated heterocycles. The minimum atomic E-state index is 0.554. The Balaban J connectivity index is 2.15. The number of nitrogens with one attached hydrogen (secondary N) is 1. The molecule has 0 radical (unpaired) electrons. The lowest BCUT2D eigenvalue weighted by Gasteiger charge is -2.28. The molecule has 1 aromatic rings. The van der Waals surface area contributed by atoms with E-state index in [4.69, 9.17) is 16.9 Å². The molecule has 0 spiro atoms. The number of nitrogens with zero attached hydrogens (tertiary/aromatic N) is 2. The second-order valence-corrected chi connectivity index (χ2v) is 5.42. The average molecular weight is 278 g/mol. The minimum absolute atomic E-state index is 0.554. The van der Waals surface area contributed by atoms with Crippen molar-refractivity contribution in [2.75, 3.05) is 24.5 Å². The lowest BCUT2D eigenvalue weighted by molar-refractivity contribution is 0.578. The second-order valence-electron chi connectivity index (χ2n) is 5.02. The highest BCUT2D eigenvalue weighted by Crippen LogP contribution is 2.27. The van der Waals surface area contributed by atoms with E-state index in [0.29, 0.717) is 16.6 Å². The third kappa shape index (κ3) is 3.62. The van der Waals surface area contributed by atoms with Gasteiger partial charge in [-0.25, -0.2) is 0 Å². The van der Waals surface area contributed by atoms with Crippen LogP contribution < -0.4 is 10.2 Å². The fourth-order valence-corrected chi connectivity index (χ4v) is 2.89. The molecular weight excluding hydrogens is 258 g/mol. The van der Waals surface area contributed by atoms with Gasteiger partial charge >= 0.3 is 0 Å². The van der Waals surface area contributed by atoms with Crippen molar-refractivity contribution in [1.29, 1.82) is 5.26 Å². The molecule has 1 aliphatic rings. The van der Waals surface area contributed by atoms with Crippen LogP contribution in [0.3, 0.4) is 0 Å². The summed E-state index contributed by atoms with van der Waals surface area (Å²) in [6, 6.07) is 8.23. The Morgan fingerprint density at radius 2 is 2.37 bits per heavy atom. The van der Waals surface area contributed by atoms with E-state index in [2.05, 4.69) is 23.2 Å². The predicted molar refractivity (Wildman–Crippen MR) is 79.7 cm³/mol. The smallest absolute Gasteiger partial charge is 0.0992 e. The number of halogens is 1. The molecule has 1 fully saturated rings. The molecule has 1 N–H and O–H groups in total. The molecule has 1 atom stereocenters. The summed E-state index contributed by atoms with van der Waals surface area (Å²) in [6.45, 7) is 5.27. The number of hydrogen-bond acceptors (Lipinski definition) is 3. The summed E-state index contributed by atoms with van der Waals surface area (Å²) in [5, 5.41) is 13.1. The van der Waals surface area contributed by atoms with Gasteiger partial charge in [0.2, 0.25) is 0 Å². The van der Waals surface area contributed by atoms with Gasteiger partial charge in [0.15, 0.2) is 0 Å². The van der Waals surface area contributed by atoms with Crippen LogP contribution >= 0.6 is 11.6 Å². The van der Waals surface area contributed by atoms with E-state index >= 15 is 0 Å². The zero-order valence-electron chi connectivity index (χ0n) is 11.3. The highest BCUT2D eigenvalue weighted by Gasteiger charge is 2.19. The number of hydrogen-bond donors (Lipinski definition) is 1. The van der Waals surface area contributed by atoms with Crippen LogP contribution in [0.15, 0.2) is 18.2 Å². The van der Waals surface area contributed by atoms with Gasteiger partial charge in [-0.3, -0.25) is 0 Å². The van der Waals surface area contributed by atoms with Crippen LogP contribution in [-0.4, -0.2) is 25.7 Å². The lowest BCUT2D eigenvalue weighted by atomic mass is 10.1. The van der Waals surface area contributed by atoms with E-state index in [-0.39, 0.29) is 0 Å². The van der Waals surface area contributed by atoms with E-state index in [1.54, 1.807) is 6.07 Å². The fraction of sp³-hybridized carbons (Fsp3) is 0.533. The van der Waals surface area contributed by atoms with E-state index in [1.807, 2.05) is 12.1 Å². The number of nitriles is 1. The van der Waals surface area contributed by atoms with Crippen LogP contribution in [0.4, 0.5) is 5.69 Å². The molecule has 19 heavy (non-hydrogen) atoms. The first-order valence-corrected chi connectivity index (χ1v) is 7.30. The average Bonchev–Trinajstić information content (AvgIpc) is 2.91. The number of benzene rings is 1. The first-order valence-electron chi connectivity index (χ1n) is 6.92. The monoisotopic (exact) mass is 277 g/mol. The second kappa shape index (κ2) is 6.79. The van der Waals surface area contributed by atoms with Crippen molar-refractivity contribution in [1.82, 2.24) is 5.32 Å². The first-order chi connectivity index (χ1) is 9.24. The molecule has 0 aromatic heterocycles. The summed E-state index contributed by atoms with van der Waals surface area (Å²) in [4.78, 5) is 2.33. The molecule has 1 heterocycles. The summed E-state index contributed by atoms with van der Waals surface area (Å²) in [6.07, 6.45) is 3.57. The third-order valence-corrected chi connectivity index (χ3v) is 3.82. The standard InChI is InChI=1S/C15H20ClN3/c1-2-8-19(11-13-4-3-7-18-13)15-6-5-12(10-17)9-14(15)16/h5-6,9,13,18H,2-4,7-8,11H2,1H3. The molecule has 1 aromatic carbocycles.